The van der Waals surface area contributed by atoms with Gasteiger partial charge in [-0.3, -0.25) is 14.2 Å². The molecular weight excluding hydrogens is 538 g/mol. The number of hydrogen-bond donors (Lipinski definition) is 1. The van der Waals surface area contributed by atoms with Crippen molar-refractivity contribution in [3.8, 4) is 11.4 Å². The topological polar surface area (TPSA) is 97.9 Å². The van der Waals surface area contributed by atoms with E-state index < -0.39 is 11.5 Å². The van der Waals surface area contributed by atoms with Crippen LogP contribution in [0.25, 0.3) is 22.4 Å². The van der Waals surface area contributed by atoms with Crippen LogP contribution in [0.5, 0.6) is 0 Å². The van der Waals surface area contributed by atoms with Crippen molar-refractivity contribution in [1.29, 1.82) is 0 Å². The Labute approximate surface area is 250 Å². The molecule has 1 N–H and O–H groups in total. The van der Waals surface area contributed by atoms with Crippen molar-refractivity contribution in [2.24, 2.45) is 12.5 Å². The molecule has 2 atom stereocenters. The molecule has 0 saturated carbocycles. The third-order valence-electron chi connectivity index (χ3n) is 9.04. The van der Waals surface area contributed by atoms with E-state index in [0.29, 0.717) is 46.3 Å². The summed E-state index contributed by atoms with van der Waals surface area (Å²) in [4.78, 5) is 44.9. The Morgan fingerprint density at radius 3 is 2.49 bits per heavy atom. The highest BCUT2D eigenvalue weighted by atomic mass is 16.1. The summed E-state index contributed by atoms with van der Waals surface area (Å²) in [5.74, 6) is 1.34. The largest absolute Gasteiger partial charge is 0.334 e. The molecule has 3 aromatic heterocycles. The molecule has 1 aliphatic heterocycles. The molecule has 43 heavy (non-hydrogen) atoms. The summed E-state index contributed by atoms with van der Waals surface area (Å²) in [7, 11) is 4.01. The minimum absolute atomic E-state index is 0.0893. The number of anilines is 2. The van der Waals surface area contributed by atoms with E-state index in [0.717, 1.165) is 30.8 Å². The SMILES string of the molecule is CN1CCC(c2ccc(Nc3ncc4cc(-c5nccn5C)c(=O)n(C5C(=O)c6ccccc6CC5(C)C)c4n3)cc2)C1. The molecule has 1 fully saturated rings. The minimum Gasteiger partial charge on any atom is -0.334 e. The number of likely N-dealkylation sites (N-methyl/N-ethyl adjacent to an activating group) is 1. The summed E-state index contributed by atoms with van der Waals surface area (Å²) < 4.78 is 3.39. The normalized spacial score (nSPS) is 20.0. The third kappa shape index (κ3) is 4.73. The van der Waals surface area contributed by atoms with Crippen molar-refractivity contribution < 1.29 is 4.79 Å². The molecule has 7 rings (SSSR count). The number of fused-ring (bicyclic) bond motifs is 2. The Hall–Kier alpha value is -4.63. The third-order valence-corrected chi connectivity index (χ3v) is 9.04. The number of hydrogen-bond acceptors (Lipinski definition) is 7. The van der Waals surface area contributed by atoms with Crippen LogP contribution in [-0.2, 0) is 13.5 Å². The van der Waals surface area contributed by atoms with Crippen LogP contribution < -0.4 is 10.9 Å². The number of benzene rings is 2. The van der Waals surface area contributed by atoms with Gasteiger partial charge < -0.3 is 14.8 Å². The van der Waals surface area contributed by atoms with E-state index >= 15 is 0 Å². The number of carbonyl (C=O) groups is 1. The van der Waals surface area contributed by atoms with Crippen molar-refractivity contribution in [2.75, 3.05) is 25.5 Å². The van der Waals surface area contributed by atoms with Gasteiger partial charge in [-0.25, -0.2) is 9.97 Å². The van der Waals surface area contributed by atoms with Crippen LogP contribution >= 0.6 is 0 Å². The summed E-state index contributed by atoms with van der Waals surface area (Å²) >= 11 is 0. The zero-order chi connectivity index (χ0) is 29.9. The molecule has 2 aliphatic rings. The lowest BCUT2D eigenvalue weighted by Gasteiger charge is -2.39. The van der Waals surface area contributed by atoms with Crippen molar-refractivity contribution >= 4 is 28.5 Å². The smallest absolute Gasteiger partial charge is 0.263 e. The van der Waals surface area contributed by atoms with Crippen molar-refractivity contribution in [1.82, 2.24) is 29.0 Å². The van der Waals surface area contributed by atoms with Crippen LogP contribution in [0.15, 0.2) is 78.0 Å². The lowest BCUT2D eigenvalue weighted by atomic mass is 9.69. The van der Waals surface area contributed by atoms with Gasteiger partial charge in [0.05, 0.1) is 5.56 Å². The number of aryl methyl sites for hydroxylation is 1. The van der Waals surface area contributed by atoms with Crippen LogP contribution in [0, 0.1) is 5.41 Å². The van der Waals surface area contributed by atoms with Crippen LogP contribution in [0.1, 0.15) is 53.7 Å². The number of imidazole rings is 1. The van der Waals surface area contributed by atoms with Gasteiger partial charge in [0.15, 0.2) is 5.78 Å². The number of aromatic nitrogens is 5. The molecule has 2 aromatic carbocycles. The van der Waals surface area contributed by atoms with E-state index in [4.69, 9.17) is 4.98 Å². The average Bonchev–Trinajstić information content (AvgIpc) is 3.62. The van der Waals surface area contributed by atoms with Gasteiger partial charge in [0.25, 0.3) is 5.56 Å². The lowest BCUT2D eigenvalue weighted by Crippen LogP contribution is -2.44. The van der Waals surface area contributed by atoms with Gasteiger partial charge in [-0.1, -0.05) is 50.2 Å². The monoisotopic (exact) mass is 573 g/mol. The van der Waals surface area contributed by atoms with Gasteiger partial charge in [-0.15, -0.1) is 0 Å². The summed E-state index contributed by atoms with van der Waals surface area (Å²) in [6, 6.07) is 17.1. The predicted octanol–water partition coefficient (Wildman–Crippen LogP) is 5.36. The Bertz CT molecular complexity index is 1920. The molecule has 4 heterocycles. The van der Waals surface area contributed by atoms with E-state index in [1.807, 2.05) is 57.3 Å². The molecule has 0 spiro atoms. The molecule has 1 saturated heterocycles. The first-order chi connectivity index (χ1) is 20.7. The lowest BCUT2D eigenvalue weighted by molar-refractivity contribution is 0.0780. The first kappa shape index (κ1) is 27.2. The van der Waals surface area contributed by atoms with Crippen LogP contribution in [0.4, 0.5) is 11.6 Å². The zero-order valence-electron chi connectivity index (χ0n) is 24.9. The Morgan fingerprint density at radius 2 is 1.77 bits per heavy atom. The van der Waals surface area contributed by atoms with Crippen molar-refractivity contribution in [3.63, 3.8) is 0 Å². The summed E-state index contributed by atoms with van der Waals surface area (Å²) in [6.45, 7) is 6.27. The Balaban J connectivity index is 1.35. The minimum atomic E-state index is -0.760. The second kappa shape index (κ2) is 10.3. The van der Waals surface area contributed by atoms with Crippen molar-refractivity contribution in [3.05, 3.63) is 100 Å². The molecule has 9 nitrogen and oxygen atoms in total. The molecule has 9 heteroatoms. The average molecular weight is 574 g/mol. The molecule has 1 aliphatic carbocycles. The van der Waals surface area contributed by atoms with Crippen LogP contribution in [0.2, 0.25) is 0 Å². The van der Waals surface area contributed by atoms with Crippen molar-refractivity contribution in [2.45, 2.75) is 38.6 Å². The first-order valence-corrected chi connectivity index (χ1v) is 14.8. The summed E-state index contributed by atoms with van der Waals surface area (Å²) in [5, 5.41) is 3.98. The highest BCUT2D eigenvalue weighted by Gasteiger charge is 2.44. The molecule has 5 aromatic rings. The molecule has 2 unspecified atom stereocenters. The summed E-state index contributed by atoms with van der Waals surface area (Å²) in [6.07, 6.45) is 6.99. The number of rotatable bonds is 5. The highest BCUT2D eigenvalue weighted by molar-refractivity contribution is 6.02. The maximum atomic E-state index is 14.4. The molecule has 0 radical (unpaired) electrons. The number of carbonyl (C=O) groups excluding carboxylic acids is 1. The van der Waals surface area contributed by atoms with E-state index in [-0.39, 0.29) is 11.3 Å². The quantitative estimate of drug-likeness (QED) is 0.302. The van der Waals surface area contributed by atoms with Crippen LogP contribution in [0.3, 0.4) is 0 Å². The number of nitrogens with one attached hydrogen (secondary N) is 1. The first-order valence-electron chi connectivity index (χ1n) is 14.8. The van der Waals surface area contributed by atoms with Gasteiger partial charge in [0, 0.05) is 48.8 Å². The highest BCUT2D eigenvalue weighted by Crippen LogP contribution is 2.43. The zero-order valence-corrected chi connectivity index (χ0v) is 24.9. The van der Waals surface area contributed by atoms with E-state index in [9.17, 15) is 9.59 Å². The maximum absolute atomic E-state index is 14.4. The number of likely N-dealkylation sites (tertiary alicyclic amines) is 1. The molecule has 0 bridgehead atoms. The molecular formula is C34H35N7O2. The molecule has 218 valence electrons. The van der Waals surface area contributed by atoms with E-state index in [1.165, 1.54) is 5.56 Å². The number of ketones is 1. The number of nitrogens with zero attached hydrogens (tertiary/aromatic N) is 6. The molecule has 0 amide bonds. The number of Topliss-reactive ketones (excluding diaryl/α,β-unsaturated/α-hetero) is 1. The second-order valence-corrected chi connectivity index (χ2v) is 12.7. The van der Waals surface area contributed by atoms with Crippen LogP contribution in [-0.4, -0.2) is 54.9 Å². The van der Waals surface area contributed by atoms with Gasteiger partial charge in [-0.05, 0) is 67.1 Å². The van der Waals surface area contributed by atoms with E-state index in [1.54, 1.807) is 33.8 Å². The number of pyridine rings is 1. The Morgan fingerprint density at radius 1 is 0.977 bits per heavy atom. The second-order valence-electron chi connectivity index (χ2n) is 12.7. The fourth-order valence-electron chi connectivity index (χ4n) is 6.85. The fourth-order valence-corrected chi connectivity index (χ4v) is 6.85. The fraction of sp³-hybridized carbons (Fsp3) is 0.324. The maximum Gasteiger partial charge on any atom is 0.263 e. The standard InChI is InChI=1S/C34H35N7O2/c1-34(2)18-22-7-5-6-8-26(22)28(42)29(34)41-30-24(17-27(32(41)43)31-35-14-16-40(31)4)19-36-33(38-30)37-25-11-9-21(10-12-25)23-13-15-39(3)20-23/h5-12,14,16-17,19,23,29H,13,15,18,20H2,1-4H3,(H,36,37,38). The van der Waals surface area contributed by atoms with Gasteiger partial charge >= 0.3 is 0 Å². The van der Waals surface area contributed by atoms with Gasteiger partial charge in [0.1, 0.15) is 17.5 Å². The summed E-state index contributed by atoms with van der Waals surface area (Å²) in [5.41, 5.74) is 3.79. The predicted molar refractivity (Wildman–Crippen MR) is 168 cm³/mol. The van der Waals surface area contributed by atoms with E-state index in [2.05, 4.69) is 39.4 Å². The Kier molecular flexibility index (Phi) is 6.50. The van der Waals surface area contributed by atoms with Gasteiger partial charge in [-0.2, -0.15) is 4.98 Å². The van der Waals surface area contributed by atoms with Gasteiger partial charge in [0.2, 0.25) is 5.95 Å².